The molecule has 5 aromatic rings. The van der Waals surface area contributed by atoms with Crippen LogP contribution in [0.25, 0.3) is 33.1 Å². The van der Waals surface area contributed by atoms with Crippen molar-refractivity contribution in [1.82, 2.24) is 14.5 Å². The van der Waals surface area contributed by atoms with Crippen molar-refractivity contribution in [2.45, 2.75) is 6.61 Å². The maximum atomic E-state index is 9.69. The zero-order chi connectivity index (χ0) is 25.4. The minimum atomic E-state index is -0.0260. The summed E-state index contributed by atoms with van der Waals surface area (Å²) < 4.78 is 2.14. The molecule has 3 aromatic carbocycles. The number of hydrogen-bond donors (Lipinski definition) is 1. The minimum absolute atomic E-state index is 0.0260. The molecule has 5 heteroatoms. The van der Waals surface area contributed by atoms with Gasteiger partial charge in [0.2, 0.25) is 0 Å². The van der Waals surface area contributed by atoms with Crippen LogP contribution in [-0.2, 0) is 13.7 Å². The maximum absolute atomic E-state index is 9.69. The Morgan fingerprint density at radius 2 is 1.54 bits per heavy atom. The number of aliphatic hydroxyl groups is 1. The highest BCUT2D eigenvalue weighted by Crippen LogP contribution is 2.33. The molecule has 2 aromatic heterocycles. The summed E-state index contributed by atoms with van der Waals surface area (Å²) in [6.07, 6.45) is 1.82. The lowest BCUT2D eigenvalue weighted by Crippen LogP contribution is -2.44. The fourth-order valence-electron chi connectivity index (χ4n) is 5.24. The molecular weight excluding hydrogens is 456 g/mol. The van der Waals surface area contributed by atoms with E-state index in [1.165, 1.54) is 16.8 Å². The Kier molecular flexibility index (Phi) is 6.13. The Morgan fingerprint density at radius 3 is 2.32 bits per heavy atom. The Hall–Kier alpha value is -4.11. The molecule has 0 atom stereocenters. The van der Waals surface area contributed by atoms with Gasteiger partial charge in [0.05, 0.1) is 12.1 Å². The first-order valence-corrected chi connectivity index (χ1v) is 12.7. The van der Waals surface area contributed by atoms with Gasteiger partial charge in [-0.3, -0.25) is 0 Å². The third-order valence-electron chi connectivity index (χ3n) is 7.46. The normalized spacial score (nSPS) is 14.2. The van der Waals surface area contributed by atoms with Crippen molar-refractivity contribution in [3.8, 4) is 23.0 Å². The van der Waals surface area contributed by atoms with Crippen LogP contribution in [0.4, 0.5) is 5.69 Å². The van der Waals surface area contributed by atoms with E-state index in [1.54, 1.807) is 0 Å². The SMILES string of the molecule is CN1CCN(c2ccc(-c3ccc4c(c3)c3c(C#Cc5ccccc5CO)ccnc3n4C)cc2)CC1. The van der Waals surface area contributed by atoms with Gasteiger partial charge in [-0.05, 0) is 60.1 Å². The van der Waals surface area contributed by atoms with Crippen molar-refractivity contribution in [2.24, 2.45) is 7.05 Å². The lowest BCUT2D eigenvalue weighted by Gasteiger charge is -2.34. The molecule has 0 amide bonds. The summed E-state index contributed by atoms with van der Waals surface area (Å²) >= 11 is 0. The topological polar surface area (TPSA) is 44.5 Å². The molecule has 1 saturated heterocycles. The zero-order valence-electron chi connectivity index (χ0n) is 21.3. The van der Waals surface area contributed by atoms with Gasteiger partial charge in [-0.1, -0.05) is 48.2 Å². The van der Waals surface area contributed by atoms with Crippen molar-refractivity contribution in [2.75, 3.05) is 38.1 Å². The highest BCUT2D eigenvalue weighted by molar-refractivity contribution is 6.10. The van der Waals surface area contributed by atoms with Crippen LogP contribution in [0.1, 0.15) is 16.7 Å². The molecule has 0 unspecified atom stereocenters. The van der Waals surface area contributed by atoms with Crippen LogP contribution in [0.15, 0.2) is 79.0 Å². The third-order valence-corrected chi connectivity index (χ3v) is 7.46. The summed E-state index contributed by atoms with van der Waals surface area (Å²) in [6.45, 7) is 4.31. The van der Waals surface area contributed by atoms with E-state index < -0.39 is 0 Å². The molecule has 0 radical (unpaired) electrons. The molecule has 6 rings (SSSR count). The highest BCUT2D eigenvalue weighted by atomic mass is 16.3. The van der Waals surface area contributed by atoms with Crippen LogP contribution < -0.4 is 4.90 Å². The maximum Gasteiger partial charge on any atom is 0.141 e. The monoisotopic (exact) mass is 486 g/mol. The molecule has 1 fully saturated rings. The minimum Gasteiger partial charge on any atom is -0.392 e. The molecule has 0 aliphatic carbocycles. The molecule has 37 heavy (non-hydrogen) atoms. The van der Waals surface area contributed by atoms with E-state index in [-0.39, 0.29) is 6.61 Å². The summed E-state index contributed by atoms with van der Waals surface area (Å²) in [5, 5.41) is 11.9. The number of nitrogens with zero attached hydrogens (tertiary/aromatic N) is 4. The predicted molar refractivity (Wildman–Crippen MR) is 152 cm³/mol. The van der Waals surface area contributed by atoms with Gasteiger partial charge >= 0.3 is 0 Å². The van der Waals surface area contributed by atoms with Gasteiger partial charge < -0.3 is 19.5 Å². The first-order chi connectivity index (χ1) is 18.1. The fraction of sp³-hybridized carbons (Fsp3) is 0.219. The fourth-order valence-corrected chi connectivity index (χ4v) is 5.24. The van der Waals surface area contributed by atoms with Crippen LogP contribution in [0.5, 0.6) is 0 Å². The molecule has 1 aliphatic rings. The second-order valence-corrected chi connectivity index (χ2v) is 9.75. The number of pyridine rings is 1. The van der Waals surface area contributed by atoms with Gasteiger partial charge in [0.25, 0.3) is 0 Å². The van der Waals surface area contributed by atoms with Crippen LogP contribution in [0.3, 0.4) is 0 Å². The average molecular weight is 487 g/mol. The van der Waals surface area contributed by atoms with Gasteiger partial charge in [0, 0.05) is 67.0 Å². The Morgan fingerprint density at radius 1 is 0.811 bits per heavy atom. The summed E-state index contributed by atoms with van der Waals surface area (Å²) in [7, 11) is 4.24. The smallest absolute Gasteiger partial charge is 0.141 e. The van der Waals surface area contributed by atoms with E-state index in [1.807, 2.05) is 36.5 Å². The number of anilines is 1. The van der Waals surface area contributed by atoms with Crippen LogP contribution >= 0.6 is 0 Å². The molecule has 184 valence electrons. The number of piperazine rings is 1. The molecule has 3 heterocycles. The molecule has 0 spiro atoms. The van der Waals surface area contributed by atoms with E-state index in [0.29, 0.717) is 0 Å². The molecule has 5 nitrogen and oxygen atoms in total. The highest BCUT2D eigenvalue weighted by Gasteiger charge is 2.16. The van der Waals surface area contributed by atoms with Crippen LogP contribution in [-0.4, -0.2) is 52.8 Å². The van der Waals surface area contributed by atoms with Crippen molar-refractivity contribution in [1.29, 1.82) is 0 Å². The third kappa shape index (κ3) is 4.35. The summed E-state index contributed by atoms with van der Waals surface area (Å²) in [6, 6.07) is 25.3. The largest absolute Gasteiger partial charge is 0.392 e. The second-order valence-electron chi connectivity index (χ2n) is 9.75. The Balaban J connectivity index is 1.41. The van der Waals surface area contributed by atoms with Crippen molar-refractivity contribution >= 4 is 27.6 Å². The van der Waals surface area contributed by atoms with Crippen molar-refractivity contribution in [3.63, 3.8) is 0 Å². The standard InChI is InChI=1S/C32H30N4O/c1-34-17-19-36(20-18-34)28-12-9-24(10-13-28)26-11-14-30-29(21-26)31-25(15-16-33-32(31)35(30)2)8-7-23-5-3-4-6-27(23)22-37/h3-6,9-16,21,37H,17-20,22H2,1-2H3. The van der Waals surface area contributed by atoms with Crippen LogP contribution in [0, 0.1) is 11.8 Å². The lowest BCUT2D eigenvalue weighted by molar-refractivity contribution is 0.281. The van der Waals surface area contributed by atoms with Gasteiger partial charge in [-0.15, -0.1) is 0 Å². The van der Waals surface area contributed by atoms with E-state index in [0.717, 1.165) is 64.8 Å². The van der Waals surface area contributed by atoms with Gasteiger partial charge in [0.1, 0.15) is 5.65 Å². The quantitative estimate of drug-likeness (QED) is 0.363. The molecular formula is C32H30N4O. The summed E-state index contributed by atoms with van der Waals surface area (Å²) in [5.74, 6) is 6.65. The molecule has 0 bridgehead atoms. The summed E-state index contributed by atoms with van der Waals surface area (Å²) in [5.41, 5.74) is 8.32. The first-order valence-electron chi connectivity index (χ1n) is 12.7. The van der Waals surface area contributed by atoms with Crippen LogP contribution in [0.2, 0.25) is 0 Å². The molecule has 1 N–H and O–H groups in total. The van der Waals surface area contributed by atoms with Gasteiger partial charge in [-0.25, -0.2) is 4.98 Å². The lowest BCUT2D eigenvalue weighted by atomic mass is 10.0. The van der Waals surface area contributed by atoms with Gasteiger partial charge in [-0.2, -0.15) is 0 Å². The number of aliphatic hydroxyl groups excluding tert-OH is 1. The number of aromatic nitrogens is 2. The number of rotatable bonds is 3. The summed E-state index contributed by atoms with van der Waals surface area (Å²) in [4.78, 5) is 9.52. The molecule has 0 saturated carbocycles. The Labute approximate surface area is 217 Å². The van der Waals surface area contributed by atoms with E-state index in [4.69, 9.17) is 0 Å². The number of fused-ring (bicyclic) bond motifs is 3. The van der Waals surface area contributed by atoms with E-state index in [2.05, 4.69) is 87.8 Å². The van der Waals surface area contributed by atoms with Crippen molar-refractivity contribution in [3.05, 3.63) is 95.7 Å². The van der Waals surface area contributed by atoms with Gasteiger partial charge in [0.15, 0.2) is 0 Å². The number of benzene rings is 3. The Bertz CT molecular complexity index is 1650. The van der Waals surface area contributed by atoms with E-state index >= 15 is 0 Å². The zero-order valence-corrected chi connectivity index (χ0v) is 21.3. The average Bonchev–Trinajstić information content (AvgIpc) is 3.24. The molecule has 1 aliphatic heterocycles. The second kappa shape index (κ2) is 9.74. The number of hydrogen-bond acceptors (Lipinski definition) is 4. The predicted octanol–water partition coefficient (Wildman–Crippen LogP) is 5.04. The van der Waals surface area contributed by atoms with Crippen molar-refractivity contribution < 1.29 is 5.11 Å². The number of aryl methyl sites for hydroxylation is 1. The number of likely N-dealkylation sites (N-methyl/N-ethyl adjacent to an activating group) is 1. The first kappa shape index (κ1) is 23.3. The van der Waals surface area contributed by atoms with E-state index in [9.17, 15) is 5.11 Å².